The van der Waals surface area contributed by atoms with Crippen molar-refractivity contribution < 1.29 is 23.9 Å². The minimum absolute atomic E-state index is 0.128. The predicted octanol–water partition coefficient (Wildman–Crippen LogP) is 1.04. The molecule has 6 nitrogen and oxygen atoms in total. The van der Waals surface area contributed by atoms with E-state index in [0.29, 0.717) is 6.29 Å². The second-order valence-electron chi connectivity index (χ2n) is 3.73. The van der Waals surface area contributed by atoms with Gasteiger partial charge >= 0.3 is 12.1 Å². The van der Waals surface area contributed by atoms with Crippen LogP contribution in [0.4, 0.5) is 4.79 Å². The van der Waals surface area contributed by atoms with Crippen LogP contribution in [0.2, 0.25) is 0 Å². The van der Waals surface area contributed by atoms with Crippen molar-refractivity contribution >= 4 is 18.3 Å². The molecule has 0 radical (unpaired) electrons. The summed E-state index contributed by atoms with van der Waals surface area (Å²) in [6, 6.07) is 8.20. The number of hydrogen-bond acceptors (Lipinski definition) is 5. The number of hydrogen-bond donors (Lipinski definition) is 1. The molecule has 0 bridgehead atoms. The second kappa shape index (κ2) is 7.86. The van der Waals surface area contributed by atoms with E-state index in [1.165, 1.54) is 7.11 Å². The Bertz CT molecular complexity index is 432. The molecule has 1 amide bonds. The summed E-state index contributed by atoms with van der Waals surface area (Å²) in [7, 11) is 1.17. The highest BCUT2D eigenvalue weighted by molar-refractivity contribution is 5.79. The number of carbonyl (C=O) groups excluding carboxylic acids is 3. The third-order valence-electron chi connectivity index (χ3n) is 2.28. The van der Waals surface area contributed by atoms with E-state index in [2.05, 4.69) is 10.1 Å². The van der Waals surface area contributed by atoms with E-state index >= 15 is 0 Å². The summed E-state index contributed by atoms with van der Waals surface area (Å²) in [5, 5.41) is 2.22. The van der Waals surface area contributed by atoms with Gasteiger partial charge in [-0.1, -0.05) is 30.3 Å². The smallest absolute Gasteiger partial charge is 0.407 e. The number of aldehydes is 1. The van der Waals surface area contributed by atoms with Gasteiger partial charge in [-0.05, 0) is 5.56 Å². The highest BCUT2D eigenvalue weighted by atomic mass is 16.5. The maximum atomic E-state index is 11.5. The van der Waals surface area contributed by atoms with Crippen LogP contribution >= 0.6 is 0 Å². The van der Waals surface area contributed by atoms with Crippen molar-refractivity contribution in [1.82, 2.24) is 5.32 Å². The summed E-state index contributed by atoms with van der Waals surface area (Å²) in [6.07, 6.45) is -0.542. The minimum atomic E-state index is -0.948. The van der Waals surface area contributed by atoms with Crippen molar-refractivity contribution in [2.24, 2.45) is 0 Å². The Balaban J connectivity index is 2.37. The van der Waals surface area contributed by atoms with Crippen LogP contribution in [0.15, 0.2) is 30.3 Å². The van der Waals surface area contributed by atoms with E-state index in [1.54, 1.807) is 0 Å². The zero-order valence-electron chi connectivity index (χ0n) is 10.5. The monoisotopic (exact) mass is 265 g/mol. The Labute approximate surface area is 110 Å². The van der Waals surface area contributed by atoms with Gasteiger partial charge in [-0.15, -0.1) is 0 Å². The van der Waals surface area contributed by atoms with E-state index < -0.39 is 18.1 Å². The van der Waals surface area contributed by atoms with Crippen LogP contribution in [0, 0.1) is 0 Å². The predicted molar refractivity (Wildman–Crippen MR) is 66.2 cm³/mol. The number of carbonyl (C=O) groups is 3. The Morgan fingerprint density at radius 1 is 1.32 bits per heavy atom. The highest BCUT2D eigenvalue weighted by Gasteiger charge is 2.16. The first kappa shape index (κ1) is 14.7. The first-order valence-corrected chi connectivity index (χ1v) is 5.65. The normalized spacial score (nSPS) is 11.2. The summed E-state index contributed by atoms with van der Waals surface area (Å²) in [5.41, 5.74) is 0.847. The van der Waals surface area contributed by atoms with Gasteiger partial charge in [-0.25, -0.2) is 4.79 Å². The van der Waals surface area contributed by atoms with Gasteiger partial charge in [0.05, 0.1) is 19.6 Å². The van der Waals surface area contributed by atoms with Gasteiger partial charge < -0.3 is 19.6 Å². The van der Waals surface area contributed by atoms with E-state index in [4.69, 9.17) is 4.74 Å². The van der Waals surface area contributed by atoms with Crippen LogP contribution < -0.4 is 5.32 Å². The van der Waals surface area contributed by atoms with Crippen molar-refractivity contribution in [3.8, 4) is 0 Å². The Morgan fingerprint density at radius 3 is 2.58 bits per heavy atom. The first-order valence-electron chi connectivity index (χ1n) is 5.65. The van der Waals surface area contributed by atoms with Gasteiger partial charge in [0.15, 0.2) is 0 Å². The van der Waals surface area contributed by atoms with Gasteiger partial charge in [-0.3, -0.25) is 4.79 Å². The van der Waals surface area contributed by atoms with Crippen LogP contribution in [0.1, 0.15) is 12.0 Å². The third kappa shape index (κ3) is 5.67. The van der Waals surface area contributed by atoms with Crippen molar-refractivity contribution in [1.29, 1.82) is 0 Å². The lowest BCUT2D eigenvalue weighted by Gasteiger charge is -2.11. The SMILES string of the molecule is COC(=O)NC(C=O)CC(=O)OCc1ccccc1. The zero-order chi connectivity index (χ0) is 14.1. The fraction of sp³-hybridized carbons (Fsp3) is 0.308. The third-order valence-corrected chi connectivity index (χ3v) is 2.28. The molecular weight excluding hydrogens is 250 g/mol. The molecule has 1 atom stereocenters. The number of alkyl carbamates (subject to hydrolysis) is 1. The van der Waals surface area contributed by atoms with Crippen LogP contribution in [0.3, 0.4) is 0 Å². The number of methoxy groups -OCH3 is 1. The molecule has 0 spiro atoms. The van der Waals surface area contributed by atoms with Crippen LogP contribution in [0.5, 0.6) is 0 Å². The van der Waals surface area contributed by atoms with Gasteiger partial charge in [0.1, 0.15) is 12.9 Å². The van der Waals surface area contributed by atoms with E-state index in [1.807, 2.05) is 30.3 Å². The Kier molecular flexibility index (Phi) is 6.08. The molecule has 0 aliphatic carbocycles. The Morgan fingerprint density at radius 2 is 2.00 bits per heavy atom. The minimum Gasteiger partial charge on any atom is -0.461 e. The molecule has 1 aromatic carbocycles. The molecule has 0 saturated carbocycles. The lowest BCUT2D eigenvalue weighted by Crippen LogP contribution is -2.37. The number of nitrogens with one attached hydrogen (secondary N) is 1. The molecule has 1 rings (SSSR count). The number of ether oxygens (including phenoxy) is 2. The number of benzene rings is 1. The van der Waals surface area contributed by atoms with Crippen molar-refractivity contribution in [2.75, 3.05) is 7.11 Å². The number of rotatable bonds is 6. The van der Waals surface area contributed by atoms with Gasteiger partial charge in [0, 0.05) is 0 Å². The van der Waals surface area contributed by atoms with Crippen LogP contribution in [-0.2, 0) is 25.7 Å². The van der Waals surface area contributed by atoms with E-state index in [0.717, 1.165) is 5.56 Å². The quantitative estimate of drug-likeness (QED) is 0.614. The molecule has 6 heteroatoms. The molecular formula is C13H15NO5. The van der Waals surface area contributed by atoms with Crippen LogP contribution in [-0.4, -0.2) is 31.5 Å². The molecule has 1 N–H and O–H groups in total. The molecule has 0 saturated heterocycles. The summed E-state index contributed by atoms with van der Waals surface area (Å²) < 4.78 is 9.32. The van der Waals surface area contributed by atoms with Gasteiger partial charge in [-0.2, -0.15) is 0 Å². The number of esters is 1. The summed E-state index contributed by atoms with van der Waals surface area (Å²) in [6.45, 7) is 0.128. The lowest BCUT2D eigenvalue weighted by atomic mass is 10.2. The van der Waals surface area contributed by atoms with Gasteiger partial charge in [0.2, 0.25) is 0 Å². The first-order chi connectivity index (χ1) is 9.15. The fourth-order valence-electron chi connectivity index (χ4n) is 1.32. The van der Waals surface area contributed by atoms with Crippen molar-refractivity contribution in [3.05, 3.63) is 35.9 Å². The average Bonchev–Trinajstić information content (AvgIpc) is 2.45. The molecule has 1 unspecified atom stereocenters. The average molecular weight is 265 g/mol. The fourth-order valence-corrected chi connectivity index (χ4v) is 1.32. The molecule has 1 aromatic rings. The number of amides is 1. The molecule has 0 aliphatic rings. The summed E-state index contributed by atoms with van der Waals surface area (Å²) in [5.74, 6) is -0.572. The molecule has 0 aliphatic heterocycles. The van der Waals surface area contributed by atoms with Crippen LogP contribution in [0.25, 0.3) is 0 Å². The van der Waals surface area contributed by atoms with E-state index in [9.17, 15) is 14.4 Å². The maximum absolute atomic E-state index is 11.5. The standard InChI is InChI=1S/C13H15NO5/c1-18-13(17)14-11(8-15)7-12(16)19-9-10-5-3-2-4-6-10/h2-6,8,11H,7,9H2,1H3,(H,14,17). The maximum Gasteiger partial charge on any atom is 0.407 e. The molecule has 102 valence electrons. The highest BCUT2D eigenvalue weighted by Crippen LogP contribution is 2.02. The van der Waals surface area contributed by atoms with Crippen molar-refractivity contribution in [3.63, 3.8) is 0 Å². The summed E-state index contributed by atoms with van der Waals surface area (Å²) in [4.78, 5) is 33.1. The molecule has 0 heterocycles. The lowest BCUT2D eigenvalue weighted by molar-refractivity contribution is -0.146. The van der Waals surface area contributed by atoms with E-state index in [-0.39, 0.29) is 13.0 Å². The molecule has 0 aromatic heterocycles. The largest absolute Gasteiger partial charge is 0.461 e. The molecule has 19 heavy (non-hydrogen) atoms. The Hall–Kier alpha value is -2.37. The van der Waals surface area contributed by atoms with Crippen molar-refractivity contribution in [2.45, 2.75) is 19.1 Å². The second-order valence-corrected chi connectivity index (χ2v) is 3.73. The zero-order valence-corrected chi connectivity index (χ0v) is 10.5. The summed E-state index contributed by atoms with van der Waals surface area (Å²) >= 11 is 0. The van der Waals surface area contributed by atoms with Gasteiger partial charge in [0.25, 0.3) is 0 Å². The molecule has 0 fully saturated rings. The topological polar surface area (TPSA) is 81.7 Å².